The summed E-state index contributed by atoms with van der Waals surface area (Å²) in [6, 6.07) is 21.3. The van der Waals surface area contributed by atoms with Gasteiger partial charge in [-0.25, -0.2) is 0 Å². The Morgan fingerprint density at radius 3 is 2.57 bits per heavy atom. The highest BCUT2D eigenvalue weighted by molar-refractivity contribution is 5.99. The number of benzene rings is 3. The number of fused-ring (bicyclic) bond motifs is 2. The number of rotatable bonds is 6. The number of aliphatic imine (C=N–C) groups is 1. The molecule has 1 aliphatic heterocycles. The largest absolute Gasteiger partial charge is 0.384 e. The molecular weight excluding hydrogens is 434 g/mol. The maximum absolute atomic E-state index is 13.6. The number of nitrogens with one attached hydrogen (secondary N) is 1. The number of carbonyl (C=O) groups is 1. The van der Waals surface area contributed by atoms with E-state index in [0.29, 0.717) is 25.3 Å². The van der Waals surface area contributed by atoms with Crippen LogP contribution in [0.5, 0.6) is 0 Å². The van der Waals surface area contributed by atoms with Crippen LogP contribution in [0.2, 0.25) is 0 Å². The third-order valence-electron chi connectivity index (χ3n) is 7.40. The van der Waals surface area contributed by atoms with Crippen LogP contribution in [0.15, 0.2) is 65.7 Å². The lowest BCUT2D eigenvalue weighted by Gasteiger charge is -2.31. The number of amides is 1. The molecule has 1 fully saturated rings. The highest BCUT2D eigenvalue weighted by Crippen LogP contribution is 2.35. The second-order valence-corrected chi connectivity index (χ2v) is 9.85. The third-order valence-corrected chi connectivity index (χ3v) is 7.40. The maximum Gasteiger partial charge on any atom is 0.243 e. The van der Waals surface area contributed by atoms with Crippen molar-refractivity contribution < 1.29 is 4.79 Å². The van der Waals surface area contributed by atoms with Crippen molar-refractivity contribution in [3.8, 4) is 0 Å². The van der Waals surface area contributed by atoms with E-state index in [1.54, 1.807) is 0 Å². The molecule has 1 unspecified atom stereocenters. The first kappa shape index (κ1) is 23.4. The van der Waals surface area contributed by atoms with Crippen LogP contribution in [-0.4, -0.2) is 36.4 Å². The molecule has 0 saturated heterocycles. The molecule has 0 spiro atoms. The number of anilines is 1. The Labute approximate surface area is 207 Å². The van der Waals surface area contributed by atoms with Crippen LogP contribution in [0, 0.1) is 0 Å². The summed E-state index contributed by atoms with van der Waals surface area (Å²) in [7, 11) is 0. The minimum absolute atomic E-state index is 0.0965. The van der Waals surface area contributed by atoms with Crippen LogP contribution in [0.4, 0.5) is 5.69 Å². The minimum atomic E-state index is -0.258. The Kier molecular flexibility index (Phi) is 6.73. The maximum atomic E-state index is 13.6. The van der Waals surface area contributed by atoms with E-state index in [1.165, 1.54) is 21.9 Å². The highest BCUT2D eigenvalue weighted by atomic mass is 16.2. The van der Waals surface area contributed by atoms with Crippen LogP contribution < -0.4 is 21.7 Å². The SMILES string of the molecule is CCN=C(N)c1ccc2c(c1)N(Cc1ccc3ccccc3c1)C(C(=O)NC1CCC(N)CC1)C2. The van der Waals surface area contributed by atoms with Crippen LogP contribution in [0.1, 0.15) is 49.3 Å². The summed E-state index contributed by atoms with van der Waals surface area (Å²) in [6.45, 7) is 3.27. The van der Waals surface area contributed by atoms with Gasteiger partial charge >= 0.3 is 0 Å². The quantitative estimate of drug-likeness (QED) is 0.377. The van der Waals surface area contributed by atoms with E-state index in [0.717, 1.165) is 36.9 Å². The van der Waals surface area contributed by atoms with E-state index in [4.69, 9.17) is 11.5 Å². The van der Waals surface area contributed by atoms with Gasteiger partial charge < -0.3 is 21.7 Å². The van der Waals surface area contributed by atoms with Crippen LogP contribution >= 0.6 is 0 Å². The zero-order chi connectivity index (χ0) is 24.4. The molecule has 0 radical (unpaired) electrons. The van der Waals surface area contributed by atoms with Gasteiger partial charge in [0.05, 0.1) is 0 Å². The summed E-state index contributed by atoms with van der Waals surface area (Å²) >= 11 is 0. The summed E-state index contributed by atoms with van der Waals surface area (Å²) in [5.74, 6) is 0.631. The van der Waals surface area contributed by atoms with Crippen LogP contribution in [0.3, 0.4) is 0 Å². The summed E-state index contributed by atoms with van der Waals surface area (Å²) < 4.78 is 0. The Morgan fingerprint density at radius 2 is 1.80 bits per heavy atom. The fraction of sp³-hybridized carbons (Fsp3) is 0.379. The van der Waals surface area contributed by atoms with Gasteiger partial charge in [0.15, 0.2) is 0 Å². The summed E-state index contributed by atoms with van der Waals surface area (Å²) in [6.07, 6.45) is 4.52. The normalized spacial score (nSPS) is 22.3. The molecule has 6 heteroatoms. The zero-order valence-electron chi connectivity index (χ0n) is 20.4. The van der Waals surface area contributed by atoms with E-state index >= 15 is 0 Å². The zero-order valence-corrected chi connectivity index (χ0v) is 20.4. The van der Waals surface area contributed by atoms with E-state index in [9.17, 15) is 4.79 Å². The Morgan fingerprint density at radius 1 is 1.03 bits per heavy atom. The summed E-state index contributed by atoms with van der Waals surface area (Å²) in [4.78, 5) is 20.2. The fourth-order valence-electron chi connectivity index (χ4n) is 5.44. The molecule has 5 N–H and O–H groups in total. The number of carbonyl (C=O) groups excluding carboxylic acids is 1. The number of amidine groups is 1. The average Bonchev–Trinajstić information content (AvgIpc) is 3.23. The predicted molar refractivity (Wildman–Crippen MR) is 144 cm³/mol. The smallest absolute Gasteiger partial charge is 0.243 e. The topological polar surface area (TPSA) is 96.7 Å². The molecule has 6 nitrogen and oxygen atoms in total. The van der Waals surface area contributed by atoms with Crippen molar-refractivity contribution in [1.82, 2.24) is 5.32 Å². The van der Waals surface area contributed by atoms with Gasteiger partial charge in [0.2, 0.25) is 5.91 Å². The predicted octanol–water partition coefficient (Wildman–Crippen LogP) is 3.88. The van der Waals surface area contributed by atoms with Crippen LogP contribution in [-0.2, 0) is 17.8 Å². The second kappa shape index (κ2) is 10.1. The average molecular weight is 470 g/mol. The first-order valence-corrected chi connectivity index (χ1v) is 12.8. The Hall–Kier alpha value is -3.38. The monoisotopic (exact) mass is 469 g/mol. The molecule has 1 heterocycles. The molecule has 0 aromatic heterocycles. The molecule has 1 aliphatic carbocycles. The lowest BCUT2D eigenvalue weighted by molar-refractivity contribution is -0.123. The first-order valence-electron chi connectivity index (χ1n) is 12.8. The molecule has 182 valence electrons. The van der Waals surface area contributed by atoms with Gasteiger partial charge in [0.25, 0.3) is 0 Å². The van der Waals surface area contributed by atoms with Gasteiger partial charge in [-0.05, 0) is 66.6 Å². The first-order chi connectivity index (χ1) is 17.0. The van der Waals surface area contributed by atoms with Crippen molar-refractivity contribution in [3.63, 3.8) is 0 Å². The molecule has 1 amide bonds. The highest BCUT2D eigenvalue weighted by Gasteiger charge is 2.36. The fourth-order valence-corrected chi connectivity index (χ4v) is 5.44. The molecule has 5 rings (SSSR count). The summed E-state index contributed by atoms with van der Waals surface area (Å²) in [5, 5.41) is 5.76. The number of nitrogens with two attached hydrogens (primary N) is 2. The number of hydrogen-bond donors (Lipinski definition) is 3. The molecule has 2 aliphatic rings. The van der Waals surface area contributed by atoms with E-state index in [-0.39, 0.29) is 24.0 Å². The van der Waals surface area contributed by atoms with Crippen LogP contribution in [0.25, 0.3) is 10.8 Å². The number of nitrogens with zero attached hydrogens (tertiary/aromatic N) is 2. The molecule has 1 atom stereocenters. The van der Waals surface area contributed by atoms with Gasteiger partial charge in [-0.1, -0.05) is 48.5 Å². The van der Waals surface area contributed by atoms with E-state index in [1.807, 2.05) is 13.0 Å². The Balaban J connectivity index is 1.45. The lowest BCUT2D eigenvalue weighted by atomic mass is 9.91. The van der Waals surface area contributed by atoms with Gasteiger partial charge in [0, 0.05) is 42.8 Å². The molecule has 35 heavy (non-hydrogen) atoms. The minimum Gasteiger partial charge on any atom is -0.384 e. The van der Waals surface area contributed by atoms with Crippen molar-refractivity contribution in [1.29, 1.82) is 0 Å². The van der Waals surface area contributed by atoms with Gasteiger partial charge in [-0.3, -0.25) is 9.79 Å². The lowest BCUT2D eigenvalue weighted by Crippen LogP contribution is -2.49. The molecule has 0 bridgehead atoms. The van der Waals surface area contributed by atoms with Crippen molar-refractivity contribution >= 4 is 28.2 Å². The van der Waals surface area contributed by atoms with Crippen molar-refractivity contribution in [3.05, 3.63) is 77.4 Å². The van der Waals surface area contributed by atoms with Crippen molar-refractivity contribution in [2.45, 2.75) is 63.7 Å². The van der Waals surface area contributed by atoms with E-state index in [2.05, 4.69) is 69.8 Å². The molecule has 3 aromatic rings. The second-order valence-electron chi connectivity index (χ2n) is 9.85. The third kappa shape index (κ3) is 5.03. The van der Waals surface area contributed by atoms with Crippen molar-refractivity contribution in [2.75, 3.05) is 11.4 Å². The number of hydrogen-bond acceptors (Lipinski definition) is 4. The molecule has 3 aromatic carbocycles. The van der Waals surface area contributed by atoms with Gasteiger partial charge in [-0.2, -0.15) is 0 Å². The van der Waals surface area contributed by atoms with Gasteiger partial charge in [-0.15, -0.1) is 0 Å². The van der Waals surface area contributed by atoms with E-state index < -0.39 is 0 Å². The van der Waals surface area contributed by atoms with Gasteiger partial charge in [0.1, 0.15) is 11.9 Å². The standard InChI is InChI=1S/C29H35N5O/c1-2-32-28(31)23-10-9-22-16-27(29(35)33-25-13-11-24(30)12-14-25)34(26(22)17-23)18-19-7-8-20-5-3-4-6-21(20)15-19/h3-10,15,17,24-25,27H,2,11-14,16,18,30H2,1H3,(H2,31,32)(H,33,35). The Bertz CT molecular complexity index is 1240. The molecule has 1 saturated carbocycles. The van der Waals surface area contributed by atoms with Crippen molar-refractivity contribution in [2.24, 2.45) is 16.5 Å². The summed E-state index contributed by atoms with van der Waals surface area (Å²) in [5.41, 5.74) is 16.6. The molecular formula is C29H35N5O.